The van der Waals surface area contributed by atoms with E-state index in [2.05, 4.69) is 39.0 Å². The largest absolute Gasteiger partial charge is 0.326 e. The number of hydrogen-bond donors (Lipinski definition) is 2. The van der Waals surface area contributed by atoms with Crippen LogP contribution in [-0.4, -0.2) is 0 Å². The zero-order valence-electron chi connectivity index (χ0n) is 9.30. The van der Waals surface area contributed by atoms with Gasteiger partial charge in [0.05, 0.1) is 0 Å². The molecule has 0 saturated heterocycles. The van der Waals surface area contributed by atoms with Gasteiger partial charge in [0.25, 0.3) is 0 Å². The van der Waals surface area contributed by atoms with Gasteiger partial charge in [-0.2, -0.15) is 0 Å². The molecule has 0 heterocycles. The fourth-order valence-electron chi connectivity index (χ4n) is 1.48. The van der Waals surface area contributed by atoms with E-state index in [4.69, 9.17) is 11.5 Å². The molecule has 0 spiro atoms. The average Bonchev–Trinajstić information content (AvgIpc) is 2.15. The molecule has 0 fully saturated rings. The molecule has 0 saturated carbocycles. The van der Waals surface area contributed by atoms with E-state index in [9.17, 15) is 0 Å². The second-order valence-electron chi connectivity index (χ2n) is 4.64. The summed E-state index contributed by atoms with van der Waals surface area (Å²) in [6, 6.07) is 6.40. The third-order valence-electron chi connectivity index (χ3n) is 2.51. The first-order valence-electron chi connectivity index (χ1n) is 5.01. The lowest BCUT2D eigenvalue weighted by Crippen LogP contribution is -2.14. The van der Waals surface area contributed by atoms with Gasteiger partial charge < -0.3 is 11.5 Å². The minimum atomic E-state index is 0.178. The molecule has 1 aromatic rings. The van der Waals surface area contributed by atoms with Gasteiger partial charge in [0, 0.05) is 13.1 Å². The molecule has 2 heteroatoms. The molecular weight excluding hydrogens is 172 g/mol. The standard InChI is InChI=1S/C12H20N2/c1-12(2,3)11-5-4-9(7-13)10(6-11)8-14/h4-6H,7-8,13-14H2,1-3H3. The van der Waals surface area contributed by atoms with Gasteiger partial charge in [-0.3, -0.25) is 0 Å². The molecule has 0 aliphatic rings. The highest BCUT2D eigenvalue weighted by molar-refractivity contribution is 5.35. The Morgan fingerprint density at radius 3 is 2.00 bits per heavy atom. The van der Waals surface area contributed by atoms with E-state index in [0.717, 1.165) is 5.56 Å². The summed E-state index contributed by atoms with van der Waals surface area (Å²) in [5.74, 6) is 0. The van der Waals surface area contributed by atoms with Gasteiger partial charge in [0.2, 0.25) is 0 Å². The van der Waals surface area contributed by atoms with Crippen molar-refractivity contribution in [2.45, 2.75) is 39.3 Å². The molecule has 0 amide bonds. The average molecular weight is 192 g/mol. The number of rotatable bonds is 2. The predicted molar refractivity (Wildman–Crippen MR) is 60.9 cm³/mol. The summed E-state index contributed by atoms with van der Waals surface area (Å²) in [5, 5.41) is 0. The summed E-state index contributed by atoms with van der Waals surface area (Å²) in [4.78, 5) is 0. The number of hydrogen-bond acceptors (Lipinski definition) is 2. The normalized spacial score (nSPS) is 11.8. The van der Waals surface area contributed by atoms with Crippen LogP contribution in [0.5, 0.6) is 0 Å². The van der Waals surface area contributed by atoms with E-state index in [1.54, 1.807) is 0 Å². The molecule has 0 aromatic heterocycles. The van der Waals surface area contributed by atoms with Crippen LogP contribution in [0.2, 0.25) is 0 Å². The van der Waals surface area contributed by atoms with Crippen LogP contribution in [0, 0.1) is 0 Å². The first-order chi connectivity index (χ1) is 6.49. The molecule has 4 N–H and O–H groups in total. The summed E-state index contributed by atoms with van der Waals surface area (Å²) >= 11 is 0. The van der Waals surface area contributed by atoms with Crippen molar-refractivity contribution in [1.82, 2.24) is 0 Å². The molecule has 78 valence electrons. The minimum Gasteiger partial charge on any atom is -0.326 e. The highest BCUT2D eigenvalue weighted by Crippen LogP contribution is 2.24. The lowest BCUT2D eigenvalue weighted by molar-refractivity contribution is 0.589. The molecule has 14 heavy (non-hydrogen) atoms. The van der Waals surface area contributed by atoms with E-state index in [1.807, 2.05) is 0 Å². The molecule has 0 aliphatic carbocycles. The maximum atomic E-state index is 5.68. The van der Waals surface area contributed by atoms with Gasteiger partial charge in [-0.15, -0.1) is 0 Å². The van der Waals surface area contributed by atoms with Crippen LogP contribution in [0.1, 0.15) is 37.5 Å². The van der Waals surface area contributed by atoms with Crippen LogP contribution in [0.3, 0.4) is 0 Å². The van der Waals surface area contributed by atoms with Crippen molar-refractivity contribution in [3.63, 3.8) is 0 Å². The van der Waals surface area contributed by atoms with Crippen molar-refractivity contribution in [2.24, 2.45) is 11.5 Å². The van der Waals surface area contributed by atoms with E-state index >= 15 is 0 Å². The lowest BCUT2D eigenvalue weighted by atomic mass is 9.85. The van der Waals surface area contributed by atoms with Gasteiger partial charge in [-0.25, -0.2) is 0 Å². The summed E-state index contributed by atoms with van der Waals surface area (Å²) in [6.45, 7) is 7.73. The third-order valence-corrected chi connectivity index (χ3v) is 2.51. The topological polar surface area (TPSA) is 52.0 Å². The molecular formula is C12H20N2. The zero-order chi connectivity index (χ0) is 10.8. The van der Waals surface area contributed by atoms with E-state index < -0.39 is 0 Å². The lowest BCUT2D eigenvalue weighted by Gasteiger charge is -2.20. The van der Waals surface area contributed by atoms with Gasteiger partial charge in [0.15, 0.2) is 0 Å². The van der Waals surface area contributed by atoms with E-state index in [0.29, 0.717) is 13.1 Å². The van der Waals surface area contributed by atoms with Crippen LogP contribution >= 0.6 is 0 Å². The van der Waals surface area contributed by atoms with Crippen LogP contribution in [0.4, 0.5) is 0 Å². The van der Waals surface area contributed by atoms with Crippen LogP contribution in [0.25, 0.3) is 0 Å². The molecule has 1 aromatic carbocycles. The van der Waals surface area contributed by atoms with Gasteiger partial charge in [-0.05, 0) is 22.1 Å². The highest BCUT2D eigenvalue weighted by atomic mass is 14.6. The zero-order valence-corrected chi connectivity index (χ0v) is 9.30. The molecule has 0 atom stereocenters. The minimum absolute atomic E-state index is 0.178. The van der Waals surface area contributed by atoms with Crippen LogP contribution < -0.4 is 11.5 Å². The van der Waals surface area contributed by atoms with E-state index in [-0.39, 0.29) is 5.41 Å². The van der Waals surface area contributed by atoms with Crippen molar-refractivity contribution >= 4 is 0 Å². The molecule has 0 aliphatic heterocycles. The summed E-state index contributed by atoms with van der Waals surface area (Å²) in [5.41, 5.74) is 15.1. The predicted octanol–water partition coefficient (Wildman–Crippen LogP) is 1.90. The number of nitrogens with two attached hydrogens (primary N) is 2. The van der Waals surface area contributed by atoms with Crippen LogP contribution in [0.15, 0.2) is 18.2 Å². The maximum Gasteiger partial charge on any atom is 0.0181 e. The van der Waals surface area contributed by atoms with Gasteiger partial charge >= 0.3 is 0 Å². The van der Waals surface area contributed by atoms with E-state index in [1.165, 1.54) is 11.1 Å². The van der Waals surface area contributed by atoms with Crippen molar-refractivity contribution < 1.29 is 0 Å². The monoisotopic (exact) mass is 192 g/mol. The Labute approximate surface area is 86.3 Å². The molecule has 1 rings (SSSR count). The maximum absolute atomic E-state index is 5.68. The first-order valence-corrected chi connectivity index (χ1v) is 5.01. The second kappa shape index (κ2) is 4.11. The Morgan fingerprint density at radius 1 is 1.00 bits per heavy atom. The third kappa shape index (κ3) is 2.34. The highest BCUT2D eigenvalue weighted by Gasteiger charge is 2.14. The Morgan fingerprint density at radius 2 is 1.57 bits per heavy atom. The molecule has 2 nitrogen and oxygen atoms in total. The van der Waals surface area contributed by atoms with Crippen LogP contribution in [-0.2, 0) is 18.5 Å². The molecule has 0 bridgehead atoms. The Kier molecular flexibility index (Phi) is 3.29. The van der Waals surface area contributed by atoms with Gasteiger partial charge in [0.1, 0.15) is 0 Å². The summed E-state index contributed by atoms with van der Waals surface area (Å²) < 4.78 is 0. The summed E-state index contributed by atoms with van der Waals surface area (Å²) in [6.07, 6.45) is 0. The van der Waals surface area contributed by atoms with Crippen molar-refractivity contribution in [2.75, 3.05) is 0 Å². The van der Waals surface area contributed by atoms with Crippen molar-refractivity contribution in [1.29, 1.82) is 0 Å². The quantitative estimate of drug-likeness (QED) is 0.752. The van der Waals surface area contributed by atoms with Gasteiger partial charge in [-0.1, -0.05) is 39.0 Å². The fourth-order valence-corrected chi connectivity index (χ4v) is 1.48. The Bertz CT molecular complexity index is 311. The summed E-state index contributed by atoms with van der Waals surface area (Å²) in [7, 11) is 0. The smallest absolute Gasteiger partial charge is 0.0181 e. The number of benzene rings is 1. The first kappa shape index (κ1) is 11.2. The SMILES string of the molecule is CC(C)(C)c1ccc(CN)c(CN)c1. The second-order valence-corrected chi connectivity index (χ2v) is 4.64. The molecule has 0 unspecified atom stereocenters. The Balaban J connectivity index is 3.14. The molecule has 0 radical (unpaired) electrons. The fraction of sp³-hybridized carbons (Fsp3) is 0.500. The Hall–Kier alpha value is -0.860. The van der Waals surface area contributed by atoms with Crippen molar-refractivity contribution in [3.8, 4) is 0 Å². The van der Waals surface area contributed by atoms with Crippen molar-refractivity contribution in [3.05, 3.63) is 34.9 Å².